The van der Waals surface area contributed by atoms with Crippen LogP contribution in [0, 0.1) is 0 Å². The number of H-pyrrole nitrogens is 1. The Morgan fingerprint density at radius 1 is 1.07 bits per heavy atom. The molecule has 2 aromatic carbocycles. The smallest absolute Gasteiger partial charge is 0.409 e. The zero-order valence-electron chi connectivity index (χ0n) is 14.9. The lowest BCUT2D eigenvalue weighted by Crippen LogP contribution is -2.22. The Hall–Kier alpha value is -3.61. The van der Waals surface area contributed by atoms with Gasteiger partial charge in [-0.25, -0.2) is 4.79 Å². The quantitative estimate of drug-likeness (QED) is 0.560. The lowest BCUT2D eigenvalue weighted by atomic mass is 10.00. The van der Waals surface area contributed by atoms with Crippen LogP contribution in [-0.4, -0.2) is 22.1 Å². The van der Waals surface area contributed by atoms with E-state index in [0.29, 0.717) is 22.3 Å². The van der Waals surface area contributed by atoms with Gasteiger partial charge in [-0.15, -0.1) is 0 Å². The Morgan fingerprint density at radius 3 is 2.52 bits per heavy atom. The molecule has 0 fully saturated rings. The number of hydrogen-bond donors (Lipinski definition) is 4. The Bertz CT molecular complexity index is 1090. The molecule has 3 rings (SSSR count). The van der Waals surface area contributed by atoms with Gasteiger partial charge in [-0.1, -0.05) is 32.0 Å². The summed E-state index contributed by atoms with van der Waals surface area (Å²) in [5.74, 6) is -0.467. The van der Waals surface area contributed by atoms with Crippen molar-refractivity contribution < 1.29 is 14.7 Å². The number of para-hydroxylation sites is 1. The number of amides is 2. The fourth-order valence-corrected chi connectivity index (χ4v) is 2.90. The average Bonchev–Trinajstić information content (AvgIpc) is 2.61. The number of aromatic amines is 1. The maximum Gasteiger partial charge on any atom is 0.409 e. The molecule has 0 radical (unpaired) electrons. The SMILES string of the molecule is CC(C)c1ccc(NC(=O)O)cc1NC(=O)c1c[nH]c2ccccc2c1=O. The first-order valence-electron chi connectivity index (χ1n) is 8.42. The molecule has 3 aromatic rings. The number of benzene rings is 2. The van der Waals surface area contributed by atoms with Gasteiger partial charge < -0.3 is 15.4 Å². The molecule has 0 bridgehead atoms. The van der Waals surface area contributed by atoms with Crippen molar-refractivity contribution in [1.82, 2.24) is 4.98 Å². The number of nitrogens with one attached hydrogen (secondary N) is 3. The van der Waals surface area contributed by atoms with Crippen LogP contribution in [0.25, 0.3) is 10.9 Å². The summed E-state index contributed by atoms with van der Waals surface area (Å²) in [6, 6.07) is 11.9. The van der Waals surface area contributed by atoms with Gasteiger partial charge >= 0.3 is 6.09 Å². The van der Waals surface area contributed by atoms with E-state index in [1.165, 1.54) is 12.3 Å². The van der Waals surface area contributed by atoms with Crippen LogP contribution >= 0.6 is 0 Å². The molecule has 27 heavy (non-hydrogen) atoms. The molecule has 7 nitrogen and oxygen atoms in total. The predicted octanol–water partition coefficient (Wildman–Crippen LogP) is 3.99. The van der Waals surface area contributed by atoms with Gasteiger partial charge in [0.05, 0.1) is 0 Å². The number of carbonyl (C=O) groups is 2. The van der Waals surface area contributed by atoms with E-state index < -0.39 is 12.0 Å². The summed E-state index contributed by atoms with van der Waals surface area (Å²) in [6.45, 7) is 3.91. The van der Waals surface area contributed by atoms with Gasteiger partial charge in [0.2, 0.25) is 5.43 Å². The Kier molecular flexibility index (Phi) is 4.94. The first-order valence-corrected chi connectivity index (χ1v) is 8.42. The summed E-state index contributed by atoms with van der Waals surface area (Å²) < 4.78 is 0. The number of hydrogen-bond acceptors (Lipinski definition) is 3. The van der Waals surface area contributed by atoms with Crippen molar-refractivity contribution in [3.05, 3.63) is 70.0 Å². The Balaban J connectivity index is 1.99. The van der Waals surface area contributed by atoms with Gasteiger partial charge in [0.1, 0.15) is 5.56 Å². The molecule has 0 aliphatic heterocycles. The van der Waals surface area contributed by atoms with Crippen LogP contribution < -0.4 is 16.1 Å². The molecule has 1 heterocycles. The highest BCUT2D eigenvalue weighted by Crippen LogP contribution is 2.28. The van der Waals surface area contributed by atoms with Crippen molar-refractivity contribution in [2.75, 3.05) is 10.6 Å². The monoisotopic (exact) mass is 365 g/mol. The normalized spacial score (nSPS) is 10.8. The summed E-state index contributed by atoms with van der Waals surface area (Å²) in [6.07, 6.45) is 0.185. The summed E-state index contributed by atoms with van der Waals surface area (Å²) >= 11 is 0. The van der Waals surface area contributed by atoms with Crippen molar-refractivity contribution in [3.8, 4) is 0 Å². The first kappa shape index (κ1) is 18.2. The van der Waals surface area contributed by atoms with Crippen molar-refractivity contribution in [2.24, 2.45) is 0 Å². The third-order valence-electron chi connectivity index (χ3n) is 4.21. The maximum atomic E-state index is 12.7. The van der Waals surface area contributed by atoms with Crippen LogP contribution in [-0.2, 0) is 0 Å². The van der Waals surface area contributed by atoms with Gasteiger partial charge in [0.15, 0.2) is 0 Å². The highest BCUT2D eigenvalue weighted by atomic mass is 16.4. The summed E-state index contributed by atoms with van der Waals surface area (Å²) in [4.78, 5) is 39.2. The molecule has 0 unspecified atom stereocenters. The lowest BCUT2D eigenvalue weighted by molar-refractivity contribution is 0.102. The second-order valence-corrected chi connectivity index (χ2v) is 6.42. The fourth-order valence-electron chi connectivity index (χ4n) is 2.90. The van der Waals surface area contributed by atoms with E-state index in [1.807, 2.05) is 13.8 Å². The highest BCUT2D eigenvalue weighted by Gasteiger charge is 2.16. The van der Waals surface area contributed by atoms with E-state index in [2.05, 4.69) is 15.6 Å². The Morgan fingerprint density at radius 2 is 1.81 bits per heavy atom. The number of anilines is 2. The zero-order valence-corrected chi connectivity index (χ0v) is 14.9. The molecular weight excluding hydrogens is 346 g/mol. The molecule has 0 atom stereocenters. The first-order chi connectivity index (χ1) is 12.9. The van der Waals surface area contributed by atoms with Gasteiger partial charge in [0, 0.05) is 28.5 Å². The third kappa shape index (κ3) is 3.82. The molecule has 0 saturated heterocycles. The predicted molar refractivity (Wildman–Crippen MR) is 105 cm³/mol. The van der Waals surface area contributed by atoms with Crippen molar-refractivity contribution in [1.29, 1.82) is 0 Å². The molecular formula is C20H19N3O4. The minimum atomic E-state index is -1.20. The molecule has 0 aliphatic carbocycles. The van der Waals surface area contributed by atoms with Crippen LogP contribution in [0.4, 0.5) is 16.2 Å². The zero-order chi connectivity index (χ0) is 19.6. The molecule has 1 aromatic heterocycles. The number of rotatable bonds is 4. The van der Waals surface area contributed by atoms with Crippen LogP contribution in [0.1, 0.15) is 35.7 Å². The molecule has 2 amide bonds. The summed E-state index contributed by atoms with van der Waals surface area (Å²) in [5.41, 5.74) is 1.88. The second kappa shape index (κ2) is 7.33. The van der Waals surface area contributed by atoms with E-state index in [1.54, 1.807) is 36.4 Å². The van der Waals surface area contributed by atoms with E-state index in [4.69, 9.17) is 5.11 Å². The van der Waals surface area contributed by atoms with E-state index in [-0.39, 0.29) is 16.9 Å². The number of aromatic nitrogens is 1. The number of pyridine rings is 1. The number of fused-ring (bicyclic) bond motifs is 1. The molecule has 4 N–H and O–H groups in total. The summed E-state index contributed by atoms with van der Waals surface area (Å²) in [5, 5.41) is 14.3. The molecule has 0 aliphatic rings. The average molecular weight is 365 g/mol. The van der Waals surface area contributed by atoms with Gasteiger partial charge in [-0.05, 0) is 35.7 Å². The lowest BCUT2D eigenvalue weighted by Gasteiger charge is -2.15. The molecule has 7 heteroatoms. The van der Waals surface area contributed by atoms with Crippen LogP contribution in [0.2, 0.25) is 0 Å². The van der Waals surface area contributed by atoms with Crippen molar-refractivity contribution in [2.45, 2.75) is 19.8 Å². The van der Waals surface area contributed by atoms with E-state index >= 15 is 0 Å². The summed E-state index contributed by atoms with van der Waals surface area (Å²) in [7, 11) is 0. The third-order valence-corrected chi connectivity index (χ3v) is 4.21. The molecule has 0 saturated carbocycles. The molecule has 0 spiro atoms. The topological polar surface area (TPSA) is 111 Å². The van der Waals surface area contributed by atoms with Crippen molar-refractivity contribution >= 4 is 34.3 Å². The number of carbonyl (C=O) groups excluding carboxylic acids is 1. The minimum Gasteiger partial charge on any atom is -0.465 e. The second-order valence-electron chi connectivity index (χ2n) is 6.42. The minimum absolute atomic E-state index is 0.0139. The van der Waals surface area contributed by atoms with Crippen molar-refractivity contribution in [3.63, 3.8) is 0 Å². The van der Waals surface area contributed by atoms with Crippen LogP contribution in [0.15, 0.2) is 53.5 Å². The maximum absolute atomic E-state index is 12.7. The van der Waals surface area contributed by atoms with Crippen LogP contribution in [0.3, 0.4) is 0 Å². The van der Waals surface area contributed by atoms with Gasteiger partial charge in [-0.3, -0.25) is 14.9 Å². The van der Waals surface area contributed by atoms with Gasteiger partial charge in [-0.2, -0.15) is 0 Å². The fraction of sp³-hybridized carbons (Fsp3) is 0.150. The highest BCUT2D eigenvalue weighted by molar-refractivity contribution is 6.06. The van der Waals surface area contributed by atoms with E-state index in [9.17, 15) is 14.4 Å². The molecule has 138 valence electrons. The standard InChI is InChI=1S/C20H19N3O4/c1-11(2)13-8-7-12(22-20(26)27)9-17(13)23-19(25)15-10-21-16-6-4-3-5-14(16)18(15)24/h3-11,22H,1-2H3,(H,21,24)(H,23,25)(H,26,27). The van der Waals surface area contributed by atoms with E-state index in [0.717, 1.165) is 5.56 Å². The van der Waals surface area contributed by atoms with Gasteiger partial charge in [0.25, 0.3) is 5.91 Å². The number of carboxylic acid groups (broad SMARTS) is 1. The largest absolute Gasteiger partial charge is 0.465 e. The van der Waals surface area contributed by atoms with Crippen LogP contribution in [0.5, 0.6) is 0 Å². The Labute approximate surface area is 155 Å².